The molecule has 3 nitrogen and oxygen atoms in total. The normalized spacial score (nSPS) is 10.8. The molecule has 0 aliphatic heterocycles. The molecule has 0 aliphatic carbocycles. The first-order chi connectivity index (χ1) is 9.69. The Morgan fingerprint density at radius 3 is 2.60 bits per heavy atom. The highest BCUT2D eigenvalue weighted by atomic mass is 79.9. The molecule has 0 aliphatic rings. The van der Waals surface area contributed by atoms with Gasteiger partial charge in [0.2, 0.25) is 0 Å². The first-order valence-electron chi connectivity index (χ1n) is 6.79. The molecular formula is C16H20BrN3. The van der Waals surface area contributed by atoms with Crippen LogP contribution in [0.4, 0.5) is 5.82 Å². The summed E-state index contributed by atoms with van der Waals surface area (Å²) in [6.07, 6.45) is 1.94. The molecule has 0 radical (unpaired) electrons. The van der Waals surface area contributed by atoms with Crippen molar-refractivity contribution in [2.75, 3.05) is 18.9 Å². The van der Waals surface area contributed by atoms with Crippen LogP contribution in [0, 0.1) is 0 Å². The van der Waals surface area contributed by atoms with Crippen LogP contribution in [0.1, 0.15) is 18.1 Å². The fourth-order valence-corrected chi connectivity index (χ4v) is 2.50. The van der Waals surface area contributed by atoms with E-state index < -0.39 is 0 Å². The Hall–Kier alpha value is -1.39. The van der Waals surface area contributed by atoms with Crippen LogP contribution in [-0.2, 0) is 13.1 Å². The van der Waals surface area contributed by atoms with Crippen molar-refractivity contribution < 1.29 is 0 Å². The van der Waals surface area contributed by atoms with Crippen LogP contribution in [-0.4, -0.2) is 23.5 Å². The third-order valence-electron chi connectivity index (χ3n) is 3.03. The lowest BCUT2D eigenvalue weighted by molar-refractivity contribution is 0.318. The van der Waals surface area contributed by atoms with Gasteiger partial charge in [-0.15, -0.1) is 0 Å². The molecule has 4 heteroatoms. The minimum absolute atomic E-state index is 0.890. The molecule has 0 saturated heterocycles. The standard InChI is InChI=1S/C16H20BrN3/c1-3-18-16-9-8-13(10-19-16)11-20(2)12-14-6-4-5-7-15(14)17/h4-10H,3,11-12H2,1-2H3,(H,18,19). The summed E-state index contributed by atoms with van der Waals surface area (Å²) in [4.78, 5) is 6.68. The van der Waals surface area contributed by atoms with Gasteiger partial charge in [-0.25, -0.2) is 4.98 Å². The lowest BCUT2D eigenvalue weighted by atomic mass is 10.2. The monoisotopic (exact) mass is 333 g/mol. The van der Waals surface area contributed by atoms with Crippen LogP contribution in [0.25, 0.3) is 0 Å². The van der Waals surface area contributed by atoms with Gasteiger partial charge in [-0.05, 0) is 37.2 Å². The number of nitrogens with zero attached hydrogens (tertiary/aromatic N) is 2. The van der Waals surface area contributed by atoms with E-state index in [1.807, 2.05) is 18.3 Å². The Morgan fingerprint density at radius 2 is 1.95 bits per heavy atom. The molecule has 0 unspecified atom stereocenters. The van der Waals surface area contributed by atoms with Crippen LogP contribution in [0.15, 0.2) is 47.1 Å². The Morgan fingerprint density at radius 1 is 1.15 bits per heavy atom. The fraction of sp³-hybridized carbons (Fsp3) is 0.312. The minimum Gasteiger partial charge on any atom is -0.370 e. The maximum atomic E-state index is 4.40. The van der Waals surface area contributed by atoms with Gasteiger partial charge in [-0.1, -0.05) is 40.2 Å². The average molecular weight is 334 g/mol. The largest absolute Gasteiger partial charge is 0.370 e. The predicted octanol–water partition coefficient (Wildman–Crippen LogP) is 3.91. The lowest BCUT2D eigenvalue weighted by Crippen LogP contribution is -2.17. The molecule has 2 rings (SSSR count). The molecule has 0 fully saturated rings. The average Bonchev–Trinajstić information content (AvgIpc) is 2.44. The first kappa shape index (κ1) is 15.0. The highest BCUT2D eigenvalue weighted by Crippen LogP contribution is 2.18. The van der Waals surface area contributed by atoms with Crippen molar-refractivity contribution in [2.24, 2.45) is 0 Å². The number of nitrogens with one attached hydrogen (secondary N) is 1. The van der Waals surface area contributed by atoms with Crippen LogP contribution >= 0.6 is 15.9 Å². The van der Waals surface area contributed by atoms with Gasteiger partial charge < -0.3 is 5.32 Å². The van der Waals surface area contributed by atoms with Crippen molar-refractivity contribution in [1.29, 1.82) is 0 Å². The number of anilines is 1. The van der Waals surface area contributed by atoms with E-state index >= 15 is 0 Å². The molecule has 106 valence electrons. The van der Waals surface area contributed by atoms with E-state index in [9.17, 15) is 0 Å². The summed E-state index contributed by atoms with van der Waals surface area (Å²) in [5.74, 6) is 0.935. The quantitative estimate of drug-likeness (QED) is 0.868. The fourth-order valence-electron chi connectivity index (χ4n) is 2.09. The van der Waals surface area contributed by atoms with Crippen LogP contribution in [0.2, 0.25) is 0 Å². The van der Waals surface area contributed by atoms with E-state index in [4.69, 9.17) is 0 Å². The Labute approximate surface area is 129 Å². The lowest BCUT2D eigenvalue weighted by Gasteiger charge is -2.17. The van der Waals surface area contributed by atoms with Crippen molar-refractivity contribution in [3.05, 3.63) is 58.2 Å². The second-order valence-electron chi connectivity index (χ2n) is 4.85. The third-order valence-corrected chi connectivity index (χ3v) is 3.81. The summed E-state index contributed by atoms with van der Waals surface area (Å²) in [6.45, 7) is 4.77. The number of aromatic nitrogens is 1. The summed E-state index contributed by atoms with van der Waals surface area (Å²) in [7, 11) is 2.12. The summed E-state index contributed by atoms with van der Waals surface area (Å²) in [6, 6.07) is 12.5. The van der Waals surface area contributed by atoms with Gasteiger partial charge in [-0.2, -0.15) is 0 Å². The molecule has 1 heterocycles. The maximum Gasteiger partial charge on any atom is 0.125 e. The minimum atomic E-state index is 0.890. The van der Waals surface area contributed by atoms with Gasteiger partial charge in [0, 0.05) is 30.3 Å². The smallest absolute Gasteiger partial charge is 0.125 e. The van der Waals surface area contributed by atoms with Crippen molar-refractivity contribution in [3.8, 4) is 0 Å². The predicted molar refractivity (Wildman–Crippen MR) is 87.7 cm³/mol. The van der Waals surface area contributed by atoms with E-state index in [2.05, 4.69) is 69.4 Å². The summed E-state index contributed by atoms with van der Waals surface area (Å²) >= 11 is 3.59. The molecule has 0 saturated carbocycles. The van der Waals surface area contributed by atoms with E-state index in [1.165, 1.54) is 11.1 Å². The van der Waals surface area contributed by atoms with E-state index in [1.54, 1.807) is 0 Å². The van der Waals surface area contributed by atoms with Crippen LogP contribution < -0.4 is 5.32 Å². The number of rotatable bonds is 6. The van der Waals surface area contributed by atoms with Gasteiger partial charge in [0.1, 0.15) is 5.82 Å². The Bertz CT molecular complexity index is 540. The number of benzene rings is 1. The second-order valence-corrected chi connectivity index (χ2v) is 5.70. The molecule has 1 aromatic carbocycles. The zero-order valence-corrected chi connectivity index (χ0v) is 13.5. The van der Waals surface area contributed by atoms with E-state index in [0.29, 0.717) is 0 Å². The van der Waals surface area contributed by atoms with Crippen molar-refractivity contribution >= 4 is 21.7 Å². The molecule has 20 heavy (non-hydrogen) atoms. The summed E-state index contributed by atoms with van der Waals surface area (Å²) < 4.78 is 1.16. The molecular weight excluding hydrogens is 314 g/mol. The van der Waals surface area contributed by atoms with E-state index in [0.717, 1.165) is 29.9 Å². The Kier molecular flexibility index (Phi) is 5.56. The molecule has 1 N–H and O–H groups in total. The Balaban J connectivity index is 1.94. The highest BCUT2D eigenvalue weighted by molar-refractivity contribution is 9.10. The van der Waals surface area contributed by atoms with Crippen LogP contribution in [0.5, 0.6) is 0 Å². The number of pyridine rings is 1. The zero-order chi connectivity index (χ0) is 14.4. The second kappa shape index (κ2) is 7.41. The van der Waals surface area contributed by atoms with Crippen LogP contribution in [0.3, 0.4) is 0 Å². The molecule has 0 bridgehead atoms. The maximum absolute atomic E-state index is 4.40. The molecule has 2 aromatic rings. The topological polar surface area (TPSA) is 28.2 Å². The van der Waals surface area contributed by atoms with Gasteiger partial charge in [0.05, 0.1) is 0 Å². The van der Waals surface area contributed by atoms with Gasteiger partial charge >= 0.3 is 0 Å². The van der Waals surface area contributed by atoms with Crippen molar-refractivity contribution in [1.82, 2.24) is 9.88 Å². The van der Waals surface area contributed by atoms with Crippen molar-refractivity contribution in [2.45, 2.75) is 20.0 Å². The summed E-state index contributed by atoms with van der Waals surface area (Å²) in [5, 5.41) is 3.20. The molecule has 0 amide bonds. The highest BCUT2D eigenvalue weighted by Gasteiger charge is 2.05. The first-order valence-corrected chi connectivity index (χ1v) is 7.59. The molecule has 1 aromatic heterocycles. The van der Waals surface area contributed by atoms with Gasteiger partial charge in [0.15, 0.2) is 0 Å². The zero-order valence-electron chi connectivity index (χ0n) is 11.9. The van der Waals surface area contributed by atoms with Crippen molar-refractivity contribution in [3.63, 3.8) is 0 Å². The SMILES string of the molecule is CCNc1ccc(CN(C)Cc2ccccc2Br)cn1. The van der Waals surface area contributed by atoms with E-state index in [-0.39, 0.29) is 0 Å². The number of hydrogen-bond donors (Lipinski definition) is 1. The van der Waals surface area contributed by atoms with Gasteiger partial charge in [-0.3, -0.25) is 4.90 Å². The molecule has 0 spiro atoms. The third kappa shape index (κ3) is 4.32. The number of halogens is 1. The van der Waals surface area contributed by atoms with Gasteiger partial charge in [0.25, 0.3) is 0 Å². The number of hydrogen-bond acceptors (Lipinski definition) is 3. The summed E-state index contributed by atoms with van der Waals surface area (Å²) in [5.41, 5.74) is 2.52. The molecule has 0 atom stereocenters.